The minimum atomic E-state index is -3.23. The van der Waals surface area contributed by atoms with Gasteiger partial charge in [-0.15, -0.1) is 0 Å². The zero-order valence-electron chi connectivity index (χ0n) is 9.44. The average Bonchev–Trinajstić information content (AvgIpc) is 2.17. The van der Waals surface area contributed by atoms with Gasteiger partial charge in [-0.05, 0) is 44.0 Å². The van der Waals surface area contributed by atoms with Crippen molar-refractivity contribution in [2.75, 3.05) is 17.0 Å². The first-order chi connectivity index (χ1) is 7.53. The molecule has 0 heterocycles. The van der Waals surface area contributed by atoms with Crippen molar-refractivity contribution in [2.45, 2.75) is 19.8 Å². The number of anilines is 1. The van der Waals surface area contributed by atoms with E-state index in [-0.39, 0.29) is 5.75 Å². The Morgan fingerprint density at radius 2 is 2.06 bits per heavy atom. The normalized spacial score (nSPS) is 11.4. The van der Waals surface area contributed by atoms with E-state index >= 15 is 0 Å². The minimum absolute atomic E-state index is 0.123. The number of hydrogen-bond donors (Lipinski definition) is 2. The lowest BCUT2D eigenvalue weighted by Crippen LogP contribution is -2.17. The molecule has 0 saturated heterocycles. The van der Waals surface area contributed by atoms with Crippen molar-refractivity contribution >= 4 is 15.7 Å². The van der Waals surface area contributed by atoms with Crippen molar-refractivity contribution in [1.82, 2.24) is 0 Å². The number of hydrogen-bond acceptors (Lipinski definition) is 3. The maximum Gasteiger partial charge on any atom is 0.232 e. The fourth-order valence-corrected chi connectivity index (χ4v) is 2.55. The number of sulfonamides is 1. The molecule has 4 nitrogen and oxygen atoms in total. The van der Waals surface area contributed by atoms with Crippen molar-refractivity contribution in [3.8, 4) is 0 Å². The first-order valence-corrected chi connectivity index (χ1v) is 6.96. The van der Waals surface area contributed by atoms with Gasteiger partial charge in [0.25, 0.3) is 0 Å². The molecule has 0 fully saturated rings. The molecular formula is C11H18N2O2S. The molecule has 0 unspecified atom stereocenters. The van der Waals surface area contributed by atoms with Crippen LogP contribution in [-0.4, -0.2) is 20.7 Å². The zero-order valence-corrected chi connectivity index (χ0v) is 10.3. The molecule has 90 valence electrons. The van der Waals surface area contributed by atoms with Crippen molar-refractivity contribution in [2.24, 2.45) is 5.73 Å². The van der Waals surface area contributed by atoms with Crippen LogP contribution in [0.15, 0.2) is 24.3 Å². The molecule has 0 aliphatic rings. The van der Waals surface area contributed by atoms with E-state index in [1.165, 1.54) is 0 Å². The second-order valence-corrected chi connectivity index (χ2v) is 5.63. The van der Waals surface area contributed by atoms with Crippen LogP contribution < -0.4 is 10.5 Å². The molecule has 0 radical (unpaired) electrons. The first kappa shape index (κ1) is 13.0. The summed E-state index contributed by atoms with van der Waals surface area (Å²) in [6.07, 6.45) is 1.33. The van der Waals surface area contributed by atoms with Crippen LogP contribution in [0.25, 0.3) is 0 Å². The standard InChI is InChI=1S/C11H18N2O2S/c1-10-5-4-6-11(9-10)13-16(14,15)8-3-2-7-12/h4-6,9,13H,2-3,7-8,12H2,1H3. The molecule has 0 aromatic heterocycles. The number of rotatable bonds is 6. The summed E-state index contributed by atoms with van der Waals surface area (Å²) in [6.45, 7) is 2.45. The first-order valence-electron chi connectivity index (χ1n) is 5.31. The Labute approximate surface area is 96.9 Å². The maximum absolute atomic E-state index is 11.6. The lowest BCUT2D eigenvalue weighted by molar-refractivity contribution is 0.597. The quantitative estimate of drug-likeness (QED) is 0.742. The summed E-state index contributed by atoms with van der Waals surface area (Å²) >= 11 is 0. The molecular weight excluding hydrogens is 224 g/mol. The molecule has 0 amide bonds. The van der Waals surface area contributed by atoms with Crippen LogP contribution in [0.1, 0.15) is 18.4 Å². The molecule has 1 rings (SSSR count). The third-order valence-electron chi connectivity index (χ3n) is 2.16. The summed E-state index contributed by atoms with van der Waals surface area (Å²) in [5, 5.41) is 0. The summed E-state index contributed by atoms with van der Waals surface area (Å²) in [6, 6.07) is 7.30. The number of nitrogens with one attached hydrogen (secondary N) is 1. The van der Waals surface area contributed by atoms with Crippen molar-refractivity contribution in [3.05, 3.63) is 29.8 Å². The molecule has 0 aliphatic carbocycles. The van der Waals surface area contributed by atoms with Crippen LogP contribution in [0, 0.1) is 6.92 Å². The van der Waals surface area contributed by atoms with Crippen LogP contribution in [0.2, 0.25) is 0 Å². The van der Waals surface area contributed by atoms with Crippen molar-refractivity contribution in [3.63, 3.8) is 0 Å². The monoisotopic (exact) mass is 242 g/mol. The smallest absolute Gasteiger partial charge is 0.232 e. The minimum Gasteiger partial charge on any atom is -0.330 e. The number of unbranched alkanes of at least 4 members (excludes halogenated alkanes) is 1. The van der Waals surface area contributed by atoms with Gasteiger partial charge in [0.05, 0.1) is 5.75 Å². The van der Waals surface area contributed by atoms with Crippen molar-refractivity contribution in [1.29, 1.82) is 0 Å². The predicted molar refractivity (Wildman–Crippen MR) is 66.9 cm³/mol. The van der Waals surface area contributed by atoms with E-state index in [0.29, 0.717) is 18.7 Å². The second kappa shape index (κ2) is 5.86. The number of aryl methyl sites for hydroxylation is 1. The van der Waals surface area contributed by atoms with Gasteiger partial charge in [-0.25, -0.2) is 8.42 Å². The molecule has 1 aromatic rings. The SMILES string of the molecule is Cc1cccc(NS(=O)(=O)CCCCN)c1. The predicted octanol–water partition coefficient (Wildman–Crippen LogP) is 1.48. The van der Waals surface area contributed by atoms with Crippen molar-refractivity contribution < 1.29 is 8.42 Å². The molecule has 5 heteroatoms. The molecule has 1 aromatic carbocycles. The Morgan fingerprint density at radius 1 is 1.31 bits per heavy atom. The summed E-state index contributed by atoms with van der Waals surface area (Å²) < 4.78 is 25.8. The molecule has 16 heavy (non-hydrogen) atoms. The van der Waals surface area contributed by atoms with E-state index in [1.54, 1.807) is 12.1 Å². The third kappa shape index (κ3) is 4.63. The highest BCUT2D eigenvalue weighted by molar-refractivity contribution is 7.92. The largest absolute Gasteiger partial charge is 0.330 e. The zero-order chi connectivity index (χ0) is 12.0. The van der Waals surface area contributed by atoms with Gasteiger partial charge in [-0.2, -0.15) is 0 Å². The van der Waals surface area contributed by atoms with Gasteiger partial charge in [0.15, 0.2) is 0 Å². The van der Waals surface area contributed by atoms with E-state index in [4.69, 9.17) is 5.73 Å². The Bertz CT molecular complexity index is 429. The number of benzene rings is 1. The van der Waals surface area contributed by atoms with E-state index < -0.39 is 10.0 Å². The van der Waals surface area contributed by atoms with E-state index in [2.05, 4.69) is 4.72 Å². The van der Waals surface area contributed by atoms with Gasteiger partial charge in [-0.1, -0.05) is 12.1 Å². The lowest BCUT2D eigenvalue weighted by atomic mass is 10.2. The fourth-order valence-electron chi connectivity index (χ4n) is 1.38. The Balaban J connectivity index is 2.59. The lowest BCUT2D eigenvalue weighted by Gasteiger charge is -2.08. The van der Waals surface area contributed by atoms with Gasteiger partial charge < -0.3 is 5.73 Å². The van der Waals surface area contributed by atoms with Gasteiger partial charge in [0.2, 0.25) is 10.0 Å². The molecule has 3 N–H and O–H groups in total. The van der Waals surface area contributed by atoms with Crippen LogP contribution >= 0.6 is 0 Å². The van der Waals surface area contributed by atoms with E-state index in [1.807, 2.05) is 19.1 Å². The summed E-state index contributed by atoms with van der Waals surface area (Å²) in [5.41, 5.74) is 6.96. The maximum atomic E-state index is 11.6. The highest BCUT2D eigenvalue weighted by Gasteiger charge is 2.09. The Hall–Kier alpha value is -1.07. The average molecular weight is 242 g/mol. The fraction of sp³-hybridized carbons (Fsp3) is 0.455. The van der Waals surface area contributed by atoms with Gasteiger partial charge >= 0.3 is 0 Å². The third-order valence-corrected chi connectivity index (χ3v) is 3.53. The summed E-state index contributed by atoms with van der Waals surface area (Å²) in [5.74, 6) is 0.123. The Morgan fingerprint density at radius 3 is 2.69 bits per heavy atom. The van der Waals surface area contributed by atoms with E-state index in [9.17, 15) is 8.42 Å². The highest BCUT2D eigenvalue weighted by atomic mass is 32.2. The molecule has 0 saturated carbocycles. The van der Waals surface area contributed by atoms with Gasteiger partial charge in [0, 0.05) is 5.69 Å². The van der Waals surface area contributed by atoms with Gasteiger partial charge in [0.1, 0.15) is 0 Å². The number of nitrogens with two attached hydrogens (primary N) is 1. The Kier molecular flexibility index (Phi) is 4.76. The summed E-state index contributed by atoms with van der Waals surface area (Å²) in [4.78, 5) is 0. The second-order valence-electron chi connectivity index (χ2n) is 3.79. The molecule has 0 atom stereocenters. The van der Waals surface area contributed by atoms with Crippen LogP contribution in [-0.2, 0) is 10.0 Å². The van der Waals surface area contributed by atoms with Gasteiger partial charge in [-0.3, -0.25) is 4.72 Å². The van der Waals surface area contributed by atoms with E-state index in [0.717, 1.165) is 12.0 Å². The molecule has 0 bridgehead atoms. The van der Waals surface area contributed by atoms with Crippen LogP contribution in [0.3, 0.4) is 0 Å². The van der Waals surface area contributed by atoms with Crippen LogP contribution in [0.4, 0.5) is 5.69 Å². The molecule has 0 aliphatic heterocycles. The van der Waals surface area contributed by atoms with Crippen LogP contribution in [0.5, 0.6) is 0 Å². The summed E-state index contributed by atoms with van der Waals surface area (Å²) in [7, 11) is -3.23. The molecule has 0 spiro atoms. The highest BCUT2D eigenvalue weighted by Crippen LogP contribution is 2.12. The topological polar surface area (TPSA) is 72.2 Å².